The van der Waals surface area contributed by atoms with E-state index in [2.05, 4.69) is 16.9 Å². The third kappa shape index (κ3) is 6.71. The highest BCUT2D eigenvalue weighted by Gasteiger charge is 2.35. The van der Waals surface area contributed by atoms with Gasteiger partial charge in [0.15, 0.2) is 0 Å². The van der Waals surface area contributed by atoms with Crippen molar-refractivity contribution in [2.24, 2.45) is 5.41 Å². The van der Waals surface area contributed by atoms with Crippen molar-refractivity contribution in [2.75, 3.05) is 25.1 Å². The van der Waals surface area contributed by atoms with Crippen LogP contribution in [0.15, 0.2) is 0 Å². The number of carboxylic acids is 1. The lowest BCUT2D eigenvalue weighted by Gasteiger charge is -2.26. The molecule has 0 aromatic rings. The quantitative estimate of drug-likeness (QED) is 0.540. The summed E-state index contributed by atoms with van der Waals surface area (Å²) in [7, 11) is 0. The van der Waals surface area contributed by atoms with Gasteiger partial charge in [-0.3, -0.25) is 4.79 Å². The van der Waals surface area contributed by atoms with Crippen molar-refractivity contribution in [2.45, 2.75) is 39.5 Å². The third-order valence-corrected chi connectivity index (χ3v) is 4.15. The highest BCUT2D eigenvalue weighted by Crippen LogP contribution is 2.25. The molecule has 0 saturated carbocycles. The number of unbranched alkanes of at least 4 members (excludes halogenated alkanes) is 1. The van der Waals surface area contributed by atoms with Crippen LogP contribution in [0, 0.1) is 5.41 Å². The van der Waals surface area contributed by atoms with Gasteiger partial charge in [-0.15, -0.1) is 0 Å². The van der Waals surface area contributed by atoms with E-state index in [9.17, 15) is 14.7 Å². The molecule has 0 bridgehead atoms. The Balaban J connectivity index is 3.96. The molecule has 0 saturated heterocycles. The Morgan fingerprint density at radius 2 is 1.79 bits per heavy atom. The van der Waals surface area contributed by atoms with Crippen molar-refractivity contribution < 1.29 is 14.7 Å². The molecule has 0 aliphatic heterocycles. The van der Waals surface area contributed by atoms with E-state index >= 15 is 0 Å². The Labute approximate surface area is 119 Å². The Bertz CT molecular complexity index is 281. The van der Waals surface area contributed by atoms with E-state index in [4.69, 9.17) is 0 Å². The number of amides is 2. The molecule has 0 radical (unpaired) electrons. The second-order valence-electron chi connectivity index (χ2n) is 4.60. The molecule has 6 heteroatoms. The van der Waals surface area contributed by atoms with Crippen LogP contribution in [-0.2, 0) is 4.79 Å². The molecule has 19 heavy (non-hydrogen) atoms. The lowest BCUT2D eigenvalue weighted by Crippen LogP contribution is -2.46. The third-order valence-electron chi connectivity index (χ3n) is 3.46. The molecular weight excluding hydrogens is 264 g/mol. The van der Waals surface area contributed by atoms with Gasteiger partial charge in [-0.05, 0) is 37.7 Å². The van der Waals surface area contributed by atoms with E-state index in [1.807, 2.05) is 13.8 Å². The number of thioether (sulfide) groups is 1. The van der Waals surface area contributed by atoms with Crippen LogP contribution in [0.4, 0.5) is 4.79 Å². The van der Waals surface area contributed by atoms with Crippen molar-refractivity contribution in [3.05, 3.63) is 0 Å². The summed E-state index contributed by atoms with van der Waals surface area (Å²) in [5.41, 5.74) is -0.851. The number of nitrogens with one attached hydrogen (secondary N) is 2. The lowest BCUT2D eigenvalue weighted by molar-refractivity contribution is -0.149. The number of rotatable bonds is 10. The average Bonchev–Trinajstić information content (AvgIpc) is 2.40. The molecule has 0 atom stereocenters. The van der Waals surface area contributed by atoms with Crippen molar-refractivity contribution in [3.63, 3.8) is 0 Å². The van der Waals surface area contributed by atoms with E-state index in [0.717, 1.165) is 18.6 Å². The summed E-state index contributed by atoms with van der Waals surface area (Å²) in [6, 6.07) is -0.281. The molecule has 0 spiro atoms. The molecule has 0 aromatic carbocycles. The number of aliphatic carboxylic acids is 1. The number of hydrogen-bond acceptors (Lipinski definition) is 3. The summed E-state index contributed by atoms with van der Waals surface area (Å²) >= 11 is 1.79. The second kappa shape index (κ2) is 9.95. The smallest absolute Gasteiger partial charge is 0.314 e. The van der Waals surface area contributed by atoms with Crippen LogP contribution in [0.5, 0.6) is 0 Å². The van der Waals surface area contributed by atoms with Crippen LogP contribution in [0.25, 0.3) is 0 Å². The van der Waals surface area contributed by atoms with E-state index in [1.165, 1.54) is 0 Å². The van der Waals surface area contributed by atoms with E-state index in [1.54, 1.807) is 11.8 Å². The molecule has 0 aromatic heterocycles. The number of hydrogen-bond donors (Lipinski definition) is 3. The minimum Gasteiger partial charge on any atom is -0.481 e. The van der Waals surface area contributed by atoms with E-state index in [0.29, 0.717) is 19.4 Å². The van der Waals surface area contributed by atoms with Gasteiger partial charge in [-0.25, -0.2) is 4.79 Å². The first-order valence-corrected chi connectivity index (χ1v) is 8.15. The summed E-state index contributed by atoms with van der Waals surface area (Å²) in [5.74, 6) is 0.245. The van der Waals surface area contributed by atoms with Gasteiger partial charge in [0, 0.05) is 13.1 Å². The summed E-state index contributed by atoms with van der Waals surface area (Å²) in [4.78, 5) is 22.8. The van der Waals surface area contributed by atoms with Crippen LogP contribution in [0.2, 0.25) is 0 Å². The Morgan fingerprint density at radius 3 is 2.26 bits per heavy atom. The Kier molecular flexibility index (Phi) is 9.47. The van der Waals surface area contributed by atoms with Crippen LogP contribution >= 0.6 is 11.8 Å². The molecule has 3 N–H and O–H groups in total. The number of carbonyl (C=O) groups excluding carboxylic acids is 1. The number of carboxylic acid groups (broad SMARTS) is 1. The molecule has 5 nitrogen and oxygen atoms in total. The molecular formula is C13H26N2O3S. The van der Waals surface area contributed by atoms with Crippen LogP contribution in [0.1, 0.15) is 39.5 Å². The van der Waals surface area contributed by atoms with Crippen LogP contribution in [0.3, 0.4) is 0 Å². The normalized spacial score (nSPS) is 11.1. The van der Waals surface area contributed by atoms with E-state index in [-0.39, 0.29) is 12.6 Å². The summed E-state index contributed by atoms with van der Waals surface area (Å²) < 4.78 is 0. The van der Waals surface area contributed by atoms with Gasteiger partial charge < -0.3 is 15.7 Å². The largest absolute Gasteiger partial charge is 0.481 e. The average molecular weight is 290 g/mol. The lowest BCUT2D eigenvalue weighted by atomic mass is 9.82. The van der Waals surface area contributed by atoms with Crippen molar-refractivity contribution in [1.82, 2.24) is 10.6 Å². The number of urea groups is 1. The topological polar surface area (TPSA) is 78.4 Å². The zero-order valence-electron chi connectivity index (χ0n) is 12.1. The van der Waals surface area contributed by atoms with Crippen LogP contribution in [-0.4, -0.2) is 42.2 Å². The van der Waals surface area contributed by atoms with Gasteiger partial charge in [-0.1, -0.05) is 13.8 Å². The molecule has 2 amide bonds. The van der Waals surface area contributed by atoms with Gasteiger partial charge in [0.1, 0.15) is 0 Å². The predicted molar refractivity (Wildman–Crippen MR) is 79.7 cm³/mol. The fourth-order valence-corrected chi connectivity index (χ4v) is 2.26. The molecule has 112 valence electrons. The van der Waals surface area contributed by atoms with Crippen molar-refractivity contribution >= 4 is 23.8 Å². The zero-order chi connectivity index (χ0) is 14.7. The zero-order valence-corrected chi connectivity index (χ0v) is 12.9. The van der Waals surface area contributed by atoms with Gasteiger partial charge in [0.2, 0.25) is 0 Å². The minimum atomic E-state index is -0.851. The van der Waals surface area contributed by atoms with Gasteiger partial charge in [-0.2, -0.15) is 11.8 Å². The van der Waals surface area contributed by atoms with Crippen LogP contribution < -0.4 is 10.6 Å². The van der Waals surface area contributed by atoms with Gasteiger partial charge >= 0.3 is 12.0 Å². The molecule has 0 fully saturated rings. The Hall–Kier alpha value is -0.910. The minimum absolute atomic E-state index is 0.173. The number of carbonyl (C=O) groups is 2. The highest BCUT2D eigenvalue weighted by atomic mass is 32.2. The van der Waals surface area contributed by atoms with E-state index < -0.39 is 11.4 Å². The maximum atomic E-state index is 11.6. The molecule has 0 unspecified atom stereocenters. The van der Waals surface area contributed by atoms with Crippen molar-refractivity contribution in [3.8, 4) is 0 Å². The summed E-state index contributed by atoms with van der Waals surface area (Å²) in [5, 5.41) is 14.6. The van der Waals surface area contributed by atoms with Crippen molar-refractivity contribution in [1.29, 1.82) is 0 Å². The second-order valence-corrected chi connectivity index (χ2v) is 5.59. The predicted octanol–water partition coefficient (Wildman–Crippen LogP) is 2.32. The summed E-state index contributed by atoms with van der Waals surface area (Å²) in [6.45, 7) is 4.47. The first-order valence-electron chi connectivity index (χ1n) is 6.76. The fraction of sp³-hybridized carbons (Fsp3) is 0.846. The molecule has 0 aliphatic rings. The molecule has 0 heterocycles. The summed E-state index contributed by atoms with van der Waals surface area (Å²) in [6.07, 6.45) is 5.09. The fourth-order valence-electron chi connectivity index (χ4n) is 1.76. The highest BCUT2D eigenvalue weighted by molar-refractivity contribution is 7.98. The standard InChI is InChI=1S/C13H26N2O3S/c1-4-13(5-2,11(16)17)10-15-12(18)14-8-6-7-9-19-3/h4-10H2,1-3H3,(H,16,17)(H2,14,15,18). The monoisotopic (exact) mass is 290 g/mol. The SMILES string of the molecule is CCC(CC)(CNC(=O)NCCCCSC)C(=O)O. The maximum Gasteiger partial charge on any atom is 0.314 e. The maximum absolute atomic E-state index is 11.6. The van der Waals surface area contributed by atoms with Gasteiger partial charge in [0.05, 0.1) is 5.41 Å². The first kappa shape index (κ1) is 18.1. The first-order chi connectivity index (χ1) is 9.02. The molecule has 0 aliphatic carbocycles. The Morgan fingerprint density at radius 1 is 1.16 bits per heavy atom. The van der Waals surface area contributed by atoms with Gasteiger partial charge in [0.25, 0.3) is 0 Å². The molecule has 0 rings (SSSR count).